The van der Waals surface area contributed by atoms with Gasteiger partial charge in [0.05, 0.1) is 0 Å². The Bertz CT molecular complexity index is 736. The van der Waals surface area contributed by atoms with Crippen molar-refractivity contribution >= 4 is 17.6 Å². The fraction of sp³-hybridized carbons (Fsp3) is 0.0625. The average Bonchev–Trinajstić information content (AvgIpc) is 2.82. The monoisotopic (exact) mass is 302 g/mol. The smallest absolute Gasteiger partial charge is 0.332 e. The number of rotatable bonds is 2. The van der Waals surface area contributed by atoms with Crippen LogP contribution in [0.2, 0.25) is 5.02 Å². The summed E-state index contributed by atoms with van der Waals surface area (Å²) in [7, 11) is 0. The van der Waals surface area contributed by atoms with Crippen LogP contribution in [0.5, 0.6) is 11.5 Å². The Kier molecular flexibility index (Phi) is 3.11. The van der Waals surface area contributed by atoms with Crippen molar-refractivity contribution in [1.29, 1.82) is 0 Å². The van der Waals surface area contributed by atoms with E-state index in [1.807, 2.05) is 0 Å². The molecule has 5 heteroatoms. The van der Waals surface area contributed by atoms with Crippen LogP contribution in [-0.2, 0) is 15.1 Å². The van der Waals surface area contributed by atoms with Gasteiger partial charge in [0.25, 0.3) is 0 Å². The highest BCUT2D eigenvalue weighted by Crippen LogP contribution is 2.43. The molecule has 1 aliphatic rings. The summed E-state index contributed by atoms with van der Waals surface area (Å²) in [5.74, 6) is -0.738. The first-order valence-corrected chi connectivity index (χ1v) is 6.60. The average molecular weight is 303 g/mol. The minimum absolute atomic E-state index is 0.0733. The van der Waals surface area contributed by atoms with Gasteiger partial charge in [-0.05, 0) is 30.3 Å². The maximum absolute atomic E-state index is 11.6. The van der Waals surface area contributed by atoms with Gasteiger partial charge in [0, 0.05) is 28.3 Å². The number of carbonyl (C=O) groups is 1. The lowest BCUT2D eigenvalue weighted by atomic mass is 9.86. The third-order valence-corrected chi connectivity index (χ3v) is 3.62. The van der Waals surface area contributed by atoms with Crippen LogP contribution in [0.25, 0.3) is 0 Å². The largest absolute Gasteiger partial charge is 0.508 e. The predicted octanol–water partition coefficient (Wildman–Crippen LogP) is 3.11. The second-order valence-corrected chi connectivity index (χ2v) is 5.13. The fourth-order valence-electron chi connectivity index (χ4n) is 2.40. The molecule has 1 heterocycles. The summed E-state index contributed by atoms with van der Waals surface area (Å²) in [6.07, 6.45) is 2.88. The molecule has 1 aliphatic heterocycles. The Hall–Kier alpha value is -2.46. The zero-order valence-corrected chi connectivity index (χ0v) is 11.5. The maximum Gasteiger partial charge on any atom is 0.332 e. The van der Waals surface area contributed by atoms with E-state index in [9.17, 15) is 15.0 Å². The number of hydrogen-bond acceptors (Lipinski definition) is 4. The number of hydrogen-bond donors (Lipinski definition) is 2. The molecule has 21 heavy (non-hydrogen) atoms. The summed E-state index contributed by atoms with van der Waals surface area (Å²) in [5, 5.41) is 20.1. The molecular weight excluding hydrogens is 292 g/mol. The van der Waals surface area contributed by atoms with Gasteiger partial charge in [0.15, 0.2) is 5.60 Å². The maximum atomic E-state index is 11.6. The van der Waals surface area contributed by atoms with Crippen LogP contribution in [-0.4, -0.2) is 16.2 Å². The van der Waals surface area contributed by atoms with Gasteiger partial charge in [-0.2, -0.15) is 0 Å². The Morgan fingerprint density at radius 3 is 2.33 bits per heavy atom. The zero-order chi connectivity index (χ0) is 15.0. The lowest BCUT2D eigenvalue weighted by Crippen LogP contribution is -2.27. The van der Waals surface area contributed by atoms with E-state index >= 15 is 0 Å². The first-order valence-electron chi connectivity index (χ1n) is 6.22. The Labute approximate surface area is 125 Å². The van der Waals surface area contributed by atoms with E-state index in [2.05, 4.69) is 0 Å². The van der Waals surface area contributed by atoms with Crippen molar-refractivity contribution in [3.05, 3.63) is 70.8 Å². The van der Waals surface area contributed by atoms with Crippen LogP contribution in [0.3, 0.4) is 0 Å². The summed E-state index contributed by atoms with van der Waals surface area (Å²) >= 11 is 5.88. The molecule has 0 saturated heterocycles. The summed E-state index contributed by atoms with van der Waals surface area (Å²) in [6, 6.07) is 10.9. The Morgan fingerprint density at radius 2 is 1.76 bits per heavy atom. The lowest BCUT2D eigenvalue weighted by Gasteiger charge is -2.28. The molecule has 0 fully saturated rings. The predicted molar refractivity (Wildman–Crippen MR) is 77.2 cm³/mol. The summed E-state index contributed by atoms with van der Waals surface area (Å²) in [5.41, 5.74) is -0.209. The quantitative estimate of drug-likeness (QED) is 0.837. The molecule has 1 unspecified atom stereocenters. The summed E-state index contributed by atoms with van der Waals surface area (Å²) in [6.45, 7) is 0. The van der Waals surface area contributed by atoms with E-state index in [0.717, 1.165) is 0 Å². The van der Waals surface area contributed by atoms with E-state index in [1.54, 1.807) is 30.3 Å². The molecule has 1 atom stereocenters. The molecule has 0 radical (unpaired) electrons. The van der Waals surface area contributed by atoms with Gasteiger partial charge in [0.1, 0.15) is 11.5 Å². The number of aromatic hydroxyl groups is 2. The second-order valence-electron chi connectivity index (χ2n) is 4.70. The number of cyclic esters (lactones) is 1. The van der Waals surface area contributed by atoms with E-state index in [1.165, 1.54) is 24.3 Å². The molecule has 0 aromatic heterocycles. The zero-order valence-electron chi connectivity index (χ0n) is 10.8. The molecule has 0 aliphatic carbocycles. The van der Waals surface area contributed by atoms with Gasteiger partial charge in [0.2, 0.25) is 0 Å². The highest BCUT2D eigenvalue weighted by atomic mass is 35.5. The van der Waals surface area contributed by atoms with Gasteiger partial charge < -0.3 is 14.9 Å². The van der Waals surface area contributed by atoms with Gasteiger partial charge in [-0.1, -0.05) is 23.7 Å². The minimum atomic E-state index is -1.22. The lowest BCUT2D eigenvalue weighted by molar-refractivity contribution is -0.143. The molecular formula is C16H11ClO4. The van der Waals surface area contributed by atoms with Gasteiger partial charge in [-0.15, -0.1) is 0 Å². The van der Waals surface area contributed by atoms with Crippen molar-refractivity contribution in [1.82, 2.24) is 0 Å². The van der Waals surface area contributed by atoms with Crippen molar-refractivity contribution in [3.63, 3.8) is 0 Å². The van der Waals surface area contributed by atoms with E-state index in [4.69, 9.17) is 16.3 Å². The molecule has 2 N–H and O–H groups in total. The highest BCUT2D eigenvalue weighted by Gasteiger charge is 2.41. The van der Waals surface area contributed by atoms with Crippen molar-refractivity contribution in [3.8, 4) is 11.5 Å². The third-order valence-electron chi connectivity index (χ3n) is 3.37. The first-order chi connectivity index (χ1) is 10.0. The number of halogens is 1. The van der Waals surface area contributed by atoms with Gasteiger partial charge in [-0.3, -0.25) is 0 Å². The molecule has 0 amide bonds. The van der Waals surface area contributed by atoms with Gasteiger partial charge >= 0.3 is 5.97 Å². The van der Waals surface area contributed by atoms with Crippen LogP contribution < -0.4 is 0 Å². The van der Waals surface area contributed by atoms with Crippen molar-refractivity contribution in [2.45, 2.75) is 5.60 Å². The SMILES string of the molecule is O=C1C=CC(c2ccc(Cl)cc2)(c2ccc(O)cc2O)O1. The van der Waals surface area contributed by atoms with Crippen LogP contribution in [0.4, 0.5) is 0 Å². The van der Waals surface area contributed by atoms with Crippen LogP contribution in [0.15, 0.2) is 54.6 Å². The Morgan fingerprint density at radius 1 is 1.05 bits per heavy atom. The highest BCUT2D eigenvalue weighted by molar-refractivity contribution is 6.30. The molecule has 106 valence electrons. The summed E-state index contributed by atoms with van der Waals surface area (Å²) in [4.78, 5) is 11.6. The molecule has 2 aromatic rings. The molecule has 2 aromatic carbocycles. The minimum Gasteiger partial charge on any atom is -0.508 e. The number of phenols is 2. The number of ether oxygens (including phenoxy) is 1. The van der Waals surface area contributed by atoms with Crippen molar-refractivity contribution < 1.29 is 19.7 Å². The first kappa shape index (κ1) is 13.5. The van der Waals surface area contributed by atoms with Crippen LogP contribution in [0.1, 0.15) is 11.1 Å². The number of esters is 1. The standard InChI is InChI=1S/C16H11ClO4/c17-11-3-1-10(2-4-11)16(8-7-15(20)21-16)13-6-5-12(18)9-14(13)19/h1-9,18-19H. The third kappa shape index (κ3) is 2.23. The number of benzene rings is 2. The van der Waals surface area contributed by atoms with Crippen molar-refractivity contribution in [2.24, 2.45) is 0 Å². The fourth-order valence-corrected chi connectivity index (χ4v) is 2.53. The molecule has 4 nitrogen and oxygen atoms in total. The van der Waals surface area contributed by atoms with E-state index < -0.39 is 11.6 Å². The van der Waals surface area contributed by atoms with E-state index in [0.29, 0.717) is 16.1 Å². The molecule has 0 spiro atoms. The van der Waals surface area contributed by atoms with E-state index in [-0.39, 0.29) is 11.5 Å². The number of phenolic OH excluding ortho intramolecular Hbond substituents is 2. The normalized spacial score (nSPS) is 20.5. The Balaban J connectivity index is 2.21. The van der Waals surface area contributed by atoms with Crippen LogP contribution >= 0.6 is 11.6 Å². The van der Waals surface area contributed by atoms with Crippen LogP contribution in [0, 0.1) is 0 Å². The molecule has 0 bridgehead atoms. The topological polar surface area (TPSA) is 66.8 Å². The number of carbonyl (C=O) groups excluding carboxylic acids is 1. The second kappa shape index (κ2) is 4.82. The summed E-state index contributed by atoms with van der Waals surface area (Å²) < 4.78 is 5.45. The van der Waals surface area contributed by atoms with Gasteiger partial charge in [-0.25, -0.2) is 4.79 Å². The van der Waals surface area contributed by atoms with Crippen molar-refractivity contribution in [2.75, 3.05) is 0 Å². The molecule has 0 saturated carbocycles. The molecule has 3 rings (SSSR count).